The zero-order chi connectivity index (χ0) is 15.0. The standard InChI is InChI=1S/C14H21N5O2/c1-15-13(10-7-16-17(2)8-10)14(21)18-5-6-19(11-3-4-11)12(20)9-18/h7-8,11,13,15H,3-6,9H2,1-2H3. The molecule has 1 aromatic heterocycles. The molecule has 0 aromatic carbocycles. The predicted molar refractivity (Wildman–Crippen MR) is 76.3 cm³/mol. The molecule has 0 spiro atoms. The van der Waals surface area contributed by atoms with E-state index in [4.69, 9.17) is 0 Å². The summed E-state index contributed by atoms with van der Waals surface area (Å²) in [6.07, 6.45) is 5.71. The monoisotopic (exact) mass is 291 g/mol. The highest BCUT2D eigenvalue weighted by molar-refractivity contribution is 5.89. The second kappa shape index (κ2) is 5.48. The van der Waals surface area contributed by atoms with E-state index in [0.717, 1.165) is 18.4 Å². The van der Waals surface area contributed by atoms with E-state index in [2.05, 4.69) is 10.4 Å². The SMILES string of the molecule is CNC(C(=O)N1CCN(C2CC2)C(=O)C1)c1cnn(C)c1. The Balaban J connectivity index is 1.68. The fraction of sp³-hybridized carbons (Fsp3) is 0.643. The van der Waals surface area contributed by atoms with Crippen molar-refractivity contribution in [3.8, 4) is 0 Å². The average Bonchev–Trinajstić information content (AvgIpc) is 3.22. The van der Waals surface area contributed by atoms with Crippen LogP contribution in [0.5, 0.6) is 0 Å². The van der Waals surface area contributed by atoms with Gasteiger partial charge in [-0.15, -0.1) is 0 Å². The molecule has 2 heterocycles. The van der Waals surface area contributed by atoms with Crippen molar-refractivity contribution < 1.29 is 9.59 Å². The maximum Gasteiger partial charge on any atom is 0.244 e. The van der Waals surface area contributed by atoms with Gasteiger partial charge in [0.15, 0.2) is 0 Å². The maximum absolute atomic E-state index is 12.6. The van der Waals surface area contributed by atoms with E-state index in [-0.39, 0.29) is 18.4 Å². The average molecular weight is 291 g/mol. The van der Waals surface area contributed by atoms with Crippen LogP contribution in [0.15, 0.2) is 12.4 Å². The van der Waals surface area contributed by atoms with Crippen LogP contribution in [0, 0.1) is 0 Å². The molecule has 114 valence electrons. The molecule has 2 aliphatic rings. The van der Waals surface area contributed by atoms with Crippen LogP contribution >= 0.6 is 0 Å². The molecule has 1 aliphatic carbocycles. The van der Waals surface area contributed by atoms with Crippen molar-refractivity contribution in [2.75, 3.05) is 26.7 Å². The van der Waals surface area contributed by atoms with Crippen LogP contribution < -0.4 is 5.32 Å². The number of hydrogen-bond acceptors (Lipinski definition) is 4. The number of nitrogens with one attached hydrogen (secondary N) is 1. The first-order chi connectivity index (χ1) is 10.1. The smallest absolute Gasteiger partial charge is 0.244 e. The predicted octanol–water partition coefficient (Wildman–Crippen LogP) is -0.486. The maximum atomic E-state index is 12.6. The second-order valence-electron chi connectivity index (χ2n) is 5.75. The molecule has 1 saturated carbocycles. The Morgan fingerprint density at radius 3 is 2.71 bits per heavy atom. The minimum Gasteiger partial charge on any atom is -0.336 e. The lowest BCUT2D eigenvalue weighted by Gasteiger charge is -2.36. The number of carbonyl (C=O) groups excluding carboxylic acids is 2. The van der Waals surface area contributed by atoms with E-state index < -0.39 is 6.04 Å². The van der Waals surface area contributed by atoms with Gasteiger partial charge in [-0.2, -0.15) is 5.10 Å². The molecule has 1 unspecified atom stereocenters. The Kier molecular flexibility index (Phi) is 3.67. The van der Waals surface area contributed by atoms with E-state index in [9.17, 15) is 9.59 Å². The number of rotatable bonds is 4. The Hall–Kier alpha value is -1.89. The normalized spacial score (nSPS) is 20.8. The largest absolute Gasteiger partial charge is 0.336 e. The van der Waals surface area contributed by atoms with Gasteiger partial charge in [0.25, 0.3) is 0 Å². The number of hydrogen-bond donors (Lipinski definition) is 1. The summed E-state index contributed by atoms with van der Waals surface area (Å²) < 4.78 is 1.67. The Morgan fingerprint density at radius 2 is 2.19 bits per heavy atom. The van der Waals surface area contributed by atoms with Crippen molar-refractivity contribution in [3.63, 3.8) is 0 Å². The highest BCUT2D eigenvalue weighted by atomic mass is 16.2. The number of likely N-dealkylation sites (N-methyl/N-ethyl adjacent to an activating group) is 1. The Labute approximate surface area is 123 Å². The van der Waals surface area contributed by atoms with E-state index in [0.29, 0.717) is 19.1 Å². The molecule has 3 rings (SSSR count). The molecule has 7 heteroatoms. The fourth-order valence-corrected chi connectivity index (χ4v) is 2.85. The topological polar surface area (TPSA) is 70.5 Å². The Bertz CT molecular complexity index is 551. The molecule has 1 aliphatic heterocycles. The van der Waals surface area contributed by atoms with Gasteiger partial charge in [0.2, 0.25) is 11.8 Å². The number of piperazine rings is 1. The molecule has 2 fully saturated rings. The van der Waals surface area contributed by atoms with Gasteiger partial charge in [0.05, 0.1) is 12.7 Å². The molecule has 1 aromatic rings. The number of amides is 2. The zero-order valence-electron chi connectivity index (χ0n) is 12.5. The highest BCUT2D eigenvalue weighted by Gasteiger charge is 2.38. The van der Waals surface area contributed by atoms with Crippen molar-refractivity contribution >= 4 is 11.8 Å². The first kappa shape index (κ1) is 14.1. The Morgan fingerprint density at radius 1 is 1.43 bits per heavy atom. The molecule has 1 saturated heterocycles. The van der Waals surface area contributed by atoms with Gasteiger partial charge in [-0.25, -0.2) is 0 Å². The fourth-order valence-electron chi connectivity index (χ4n) is 2.85. The van der Waals surface area contributed by atoms with Gasteiger partial charge in [0.1, 0.15) is 6.04 Å². The van der Waals surface area contributed by atoms with E-state index in [1.807, 2.05) is 18.1 Å². The van der Waals surface area contributed by atoms with Crippen molar-refractivity contribution in [1.29, 1.82) is 0 Å². The van der Waals surface area contributed by atoms with E-state index in [1.165, 1.54) is 0 Å². The molecule has 7 nitrogen and oxygen atoms in total. The first-order valence-corrected chi connectivity index (χ1v) is 7.34. The molecule has 21 heavy (non-hydrogen) atoms. The summed E-state index contributed by atoms with van der Waals surface area (Å²) in [5, 5.41) is 7.12. The van der Waals surface area contributed by atoms with Crippen LogP contribution in [0.1, 0.15) is 24.4 Å². The third-order valence-electron chi connectivity index (χ3n) is 4.15. The van der Waals surface area contributed by atoms with Gasteiger partial charge in [0, 0.05) is 37.9 Å². The van der Waals surface area contributed by atoms with Gasteiger partial charge in [-0.05, 0) is 19.9 Å². The van der Waals surface area contributed by atoms with Crippen molar-refractivity contribution in [2.24, 2.45) is 7.05 Å². The molecule has 1 atom stereocenters. The molecule has 0 radical (unpaired) electrons. The first-order valence-electron chi connectivity index (χ1n) is 7.34. The number of nitrogens with zero attached hydrogens (tertiary/aromatic N) is 4. The molecule has 0 bridgehead atoms. The van der Waals surface area contributed by atoms with Crippen LogP contribution in [-0.4, -0.2) is 64.1 Å². The van der Waals surface area contributed by atoms with Gasteiger partial charge in [-0.3, -0.25) is 14.3 Å². The minimum atomic E-state index is -0.445. The summed E-state index contributed by atoms with van der Waals surface area (Å²) in [5.41, 5.74) is 0.821. The van der Waals surface area contributed by atoms with Gasteiger partial charge in [-0.1, -0.05) is 0 Å². The quantitative estimate of drug-likeness (QED) is 0.813. The highest BCUT2D eigenvalue weighted by Crippen LogP contribution is 2.28. The van der Waals surface area contributed by atoms with E-state index in [1.54, 1.807) is 22.8 Å². The minimum absolute atomic E-state index is 0.0608. The van der Waals surface area contributed by atoms with Crippen LogP contribution in [-0.2, 0) is 16.6 Å². The lowest BCUT2D eigenvalue weighted by molar-refractivity contribution is -0.146. The van der Waals surface area contributed by atoms with Crippen LogP contribution in [0.3, 0.4) is 0 Å². The molecular formula is C14H21N5O2. The summed E-state index contributed by atoms with van der Waals surface area (Å²) >= 11 is 0. The summed E-state index contributed by atoms with van der Waals surface area (Å²) in [5.74, 6) is 0.00689. The second-order valence-corrected chi connectivity index (χ2v) is 5.75. The van der Waals surface area contributed by atoms with E-state index >= 15 is 0 Å². The summed E-state index contributed by atoms with van der Waals surface area (Å²) in [6, 6.07) is -0.0212. The van der Waals surface area contributed by atoms with Gasteiger partial charge < -0.3 is 15.1 Å². The van der Waals surface area contributed by atoms with Crippen molar-refractivity contribution in [1.82, 2.24) is 24.9 Å². The third kappa shape index (κ3) is 2.78. The molecule has 1 N–H and O–H groups in total. The third-order valence-corrected chi connectivity index (χ3v) is 4.15. The van der Waals surface area contributed by atoms with Crippen molar-refractivity contribution in [2.45, 2.75) is 24.9 Å². The van der Waals surface area contributed by atoms with Crippen molar-refractivity contribution in [3.05, 3.63) is 18.0 Å². The summed E-state index contributed by atoms with van der Waals surface area (Å²) in [7, 11) is 3.57. The lowest BCUT2D eigenvalue weighted by Crippen LogP contribution is -2.54. The van der Waals surface area contributed by atoms with Gasteiger partial charge >= 0.3 is 0 Å². The number of aromatic nitrogens is 2. The molecule has 2 amide bonds. The van der Waals surface area contributed by atoms with Crippen LogP contribution in [0.2, 0.25) is 0 Å². The number of carbonyl (C=O) groups is 2. The van der Waals surface area contributed by atoms with Crippen LogP contribution in [0.4, 0.5) is 0 Å². The lowest BCUT2D eigenvalue weighted by atomic mass is 10.1. The summed E-state index contributed by atoms with van der Waals surface area (Å²) in [6.45, 7) is 1.45. The number of aryl methyl sites for hydroxylation is 1. The van der Waals surface area contributed by atoms with Crippen LogP contribution in [0.25, 0.3) is 0 Å². The zero-order valence-corrected chi connectivity index (χ0v) is 12.5. The molecular weight excluding hydrogens is 270 g/mol. The summed E-state index contributed by atoms with van der Waals surface area (Å²) in [4.78, 5) is 28.3.